The van der Waals surface area contributed by atoms with Gasteiger partial charge in [-0.3, -0.25) is 15.0 Å². The highest BCUT2D eigenvalue weighted by Crippen LogP contribution is 2.33. The van der Waals surface area contributed by atoms with Gasteiger partial charge in [0, 0.05) is 74.5 Å². The minimum atomic E-state index is -3.43. The number of hydrogen-bond acceptors (Lipinski definition) is 8. The Bertz CT molecular complexity index is 2140. The Balaban J connectivity index is 1.21. The molecular weight excluding hydrogens is 593 g/mol. The van der Waals surface area contributed by atoms with E-state index in [1.807, 2.05) is 36.7 Å². The van der Waals surface area contributed by atoms with E-state index in [9.17, 15) is 12.8 Å². The third kappa shape index (κ3) is 6.33. The fraction of sp³-hybridized carbons (Fsp3) is 0.250. The molecule has 0 radical (unpaired) electrons. The van der Waals surface area contributed by atoms with E-state index >= 15 is 0 Å². The van der Waals surface area contributed by atoms with Crippen LogP contribution in [0.25, 0.3) is 55.8 Å². The second-order valence-corrected chi connectivity index (χ2v) is 13.4. The SMILES string of the molecule is CN1CCN(Cc2cncc(-c3cnc4n[nH]c(-c5nc6c(-c7cc(F)cc(CNS(C)(=O)=O)c7)cccc6[nH]5)c4c3)c2)CC1. The number of imidazole rings is 1. The average molecular weight is 626 g/mol. The Hall–Kier alpha value is -4.56. The van der Waals surface area contributed by atoms with Gasteiger partial charge in [0.05, 0.1) is 22.7 Å². The van der Waals surface area contributed by atoms with Crippen LogP contribution in [0.3, 0.4) is 0 Å². The molecule has 5 heterocycles. The number of pyridine rings is 2. The lowest BCUT2D eigenvalue weighted by atomic mass is 10.0. The zero-order valence-electron chi connectivity index (χ0n) is 24.9. The average Bonchev–Trinajstić information content (AvgIpc) is 3.64. The first-order valence-corrected chi connectivity index (χ1v) is 16.5. The van der Waals surface area contributed by atoms with E-state index in [1.165, 1.54) is 12.1 Å². The highest BCUT2D eigenvalue weighted by Gasteiger charge is 2.18. The van der Waals surface area contributed by atoms with Crippen LogP contribution in [0, 0.1) is 5.82 Å². The van der Waals surface area contributed by atoms with E-state index in [1.54, 1.807) is 12.3 Å². The smallest absolute Gasteiger partial charge is 0.209 e. The van der Waals surface area contributed by atoms with Crippen molar-refractivity contribution in [3.8, 4) is 33.8 Å². The number of benzene rings is 2. The Kier molecular flexibility index (Phi) is 7.61. The Morgan fingerprint density at radius 3 is 2.58 bits per heavy atom. The van der Waals surface area contributed by atoms with Gasteiger partial charge >= 0.3 is 0 Å². The van der Waals surface area contributed by atoms with E-state index in [4.69, 9.17) is 4.98 Å². The lowest BCUT2D eigenvalue weighted by molar-refractivity contribution is 0.148. The maximum Gasteiger partial charge on any atom is 0.209 e. The van der Waals surface area contributed by atoms with Gasteiger partial charge in [-0.1, -0.05) is 12.1 Å². The summed E-state index contributed by atoms with van der Waals surface area (Å²) in [7, 11) is -1.28. The minimum Gasteiger partial charge on any atom is -0.337 e. The van der Waals surface area contributed by atoms with E-state index in [0.717, 1.165) is 66.6 Å². The summed E-state index contributed by atoms with van der Waals surface area (Å²) in [5.41, 5.74) is 7.50. The highest BCUT2D eigenvalue weighted by molar-refractivity contribution is 7.88. The number of halogens is 1. The summed E-state index contributed by atoms with van der Waals surface area (Å²) in [5.74, 6) is 0.0991. The number of fused-ring (bicyclic) bond motifs is 2. The standard InChI is InChI=1S/C32H32FN9O2S/c1-41-6-8-42(9-7-41)19-21-11-23(17-34-15-21)24-14-27-30(39-40-31(27)35-18-24)32-37-28-5-3-4-26(29(28)38-32)22-10-20(12-25(33)13-22)16-36-45(2,43)44/h3-5,10-15,17-18,36H,6-9,16,19H2,1-2H3,(H,37,38)(H,35,39,40). The van der Waals surface area contributed by atoms with Gasteiger partial charge in [-0.25, -0.2) is 27.5 Å². The molecule has 0 bridgehead atoms. The predicted molar refractivity (Wildman–Crippen MR) is 172 cm³/mol. The molecule has 4 aromatic heterocycles. The maximum absolute atomic E-state index is 14.6. The first-order chi connectivity index (χ1) is 21.7. The van der Waals surface area contributed by atoms with Crippen LogP contribution >= 0.6 is 0 Å². The van der Waals surface area contributed by atoms with Crippen LogP contribution in [0.15, 0.2) is 67.1 Å². The fourth-order valence-corrected chi connectivity index (χ4v) is 6.17. The number of hydrogen-bond donors (Lipinski definition) is 3. The molecule has 0 aliphatic carbocycles. The normalized spacial score (nSPS) is 14.9. The molecule has 11 nitrogen and oxygen atoms in total. The number of piperazine rings is 1. The van der Waals surface area contributed by atoms with Gasteiger partial charge in [0.2, 0.25) is 10.0 Å². The summed E-state index contributed by atoms with van der Waals surface area (Å²) < 4.78 is 40.2. The number of H-pyrrole nitrogens is 2. The Labute approximate surface area is 259 Å². The molecule has 7 rings (SSSR count). The minimum absolute atomic E-state index is 0.0187. The molecule has 2 aromatic carbocycles. The number of nitrogens with one attached hydrogen (secondary N) is 3. The number of nitrogens with zero attached hydrogens (tertiary/aromatic N) is 6. The first kappa shape index (κ1) is 29.2. The molecule has 0 spiro atoms. The predicted octanol–water partition coefficient (Wildman–Crippen LogP) is 4.17. The molecule has 1 fully saturated rings. The van der Waals surface area contributed by atoms with Crippen LogP contribution in [0.1, 0.15) is 11.1 Å². The zero-order chi connectivity index (χ0) is 31.1. The number of rotatable bonds is 8. The van der Waals surface area contributed by atoms with Gasteiger partial charge in [0.1, 0.15) is 11.5 Å². The van der Waals surface area contributed by atoms with Gasteiger partial charge in [-0.2, -0.15) is 5.10 Å². The molecule has 0 saturated carbocycles. The van der Waals surface area contributed by atoms with Crippen LogP contribution < -0.4 is 4.72 Å². The van der Waals surface area contributed by atoms with Crippen LogP contribution in [-0.2, 0) is 23.1 Å². The van der Waals surface area contributed by atoms with E-state index < -0.39 is 15.8 Å². The molecule has 0 unspecified atom stereocenters. The molecule has 13 heteroatoms. The van der Waals surface area contributed by atoms with Crippen molar-refractivity contribution in [1.29, 1.82) is 0 Å². The topological polar surface area (TPSA) is 136 Å². The summed E-state index contributed by atoms with van der Waals surface area (Å²) in [6, 6.07) is 14.3. The summed E-state index contributed by atoms with van der Waals surface area (Å²) in [6.45, 7) is 5.02. The van der Waals surface area contributed by atoms with Crippen LogP contribution in [0.4, 0.5) is 4.39 Å². The van der Waals surface area contributed by atoms with E-state index in [0.29, 0.717) is 39.4 Å². The van der Waals surface area contributed by atoms with Crippen molar-refractivity contribution < 1.29 is 12.8 Å². The van der Waals surface area contributed by atoms with E-state index in [2.05, 4.69) is 52.8 Å². The molecule has 1 aliphatic heterocycles. The van der Waals surface area contributed by atoms with Crippen molar-refractivity contribution in [1.82, 2.24) is 44.7 Å². The van der Waals surface area contributed by atoms with Crippen LogP contribution in [0.5, 0.6) is 0 Å². The molecule has 1 aliphatic rings. The van der Waals surface area contributed by atoms with Crippen molar-refractivity contribution >= 4 is 32.1 Å². The molecule has 0 amide bonds. The second-order valence-electron chi connectivity index (χ2n) is 11.6. The third-order valence-electron chi connectivity index (χ3n) is 8.10. The number of sulfonamides is 1. The van der Waals surface area contributed by atoms with Crippen molar-refractivity contribution in [2.45, 2.75) is 13.1 Å². The van der Waals surface area contributed by atoms with Gasteiger partial charge < -0.3 is 9.88 Å². The maximum atomic E-state index is 14.6. The largest absolute Gasteiger partial charge is 0.337 e. The summed E-state index contributed by atoms with van der Waals surface area (Å²) in [6.07, 6.45) is 6.65. The lowest BCUT2D eigenvalue weighted by Gasteiger charge is -2.32. The molecule has 45 heavy (non-hydrogen) atoms. The fourth-order valence-electron chi connectivity index (χ4n) is 5.74. The summed E-state index contributed by atoms with van der Waals surface area (Å²) >= 11 is 0. The summed E-state index contributed by atoms with van der Waals surface area (Å²) in [4.78, 5) is 22.2. The summed E-state index contributed by atoms with van der Waals surface area (Å²) in [5, 5.41) is 8.31. The van der Waals surface area contributed by atoms with Crippen molar-refractivity contribution in [3.05, 3.63) is 84.1 Å². The number of aromatic nitrogens is 6. The van der Waals surface area contributed by atoms with Crippen LogP contribution in [-0.4, -0.2) is 87.8 Å². The molecule has 3 N–H and O–H groups in total. The second kappa shape index (κ2) is 11.7. The molecule has 1 saturated heterocycles. The van der Waals surface area contributed by atoms with Crippen molar-refractivity contribution in [2.24, 2.45) is 0 Å². The monoisotopic (exact) mass is 625 g/mol. The molecule has 0 atom stereocenters. The first-order valence-electron chi connectivity index (χ1n) is 14.6. The highest BCUT2D eigenvalue weighted by atomic mass is 32.2. The number of likely N-dealkylation sites (N-methyl/N-ethyl adjacent to an activating group) is 1. The molecule has 6 aromatic rings. The number of para-hydroxylation sites is 1. The molecular formula is C32H32FN9O2S. The van der Waals surface area contributed by atoms with Gasteiger partial charge in [0.25, 0.3) is 0 Å². The van der Waals surface area contributed by atoms with Gasteiger partial charge in [0.15, 0.2) is 11.5 Å². The molecule has 230 valence electrons. The van der Waals surface area contributed by atoms with Crippen LogP contribution in [0.2, 0.25) is 0 Å². The van der Waals surface area contributed by atoms with Crippen molar-refractivity contribution in [3.63, 3.8) is 0 Å². The third-order valence-corrected chi connectivity index (χ3v) is 8.77. The number of aromatic amines is 2. The Morgan fingerprint density at radius 2 is 1.76 bits per heavy atom. The van der Waals surface area contributed by atoms with Crippen molar-refractivity contribution in [2.75, 3.05) is 39.5 Å². The lowest BCUT2D eigenvalue weighted by Crippen LogP contribution is -2.43. The Morgan fingerprint density at radius 1 is 0.956 bits per heavy atom. The van der Waals surface area contributed by atoms with Gasteiger partial charge in [-0.05, 0) is 60.1 Å². The van der Waals surface area contributed by atoms with Gasteiger partial charge in [-0.15, -0.1) is 0 Å². The van der Waals surface area contributed by atoms with E-state index in [-0.39, 0.29) is 6.54 Å². The quantitative estimate of drug-likeness (QED) is 0.230. The zero-order valence-corrected chi connectivity index (χ0v) is 25.7.